The van der Waals surface area contributed by atoms with Crippen LogP contribution >= 0.6 is 0 Å². The third-order valence-corrected chi connectivity index (χ3v) is 5.54. The smallest absolute Gasteiger partial charge is 0.335 e. The van der Waals surface area contributed by atoms with Crippen molar-refractivity contribution in [2.24, 2.45) is 5.92 Å². The quantitative estimate of drug-likeness (QED) is 0.624. The summed E-state index contributed by atoms with van der Waals surface area (Å²) in [5.74, 6) is -0.187. The zero-order valence-electron chi connectivity index (χ0n) is 15.9. The van der Waals surface area contributed by atoms with Gasteiger partial charge in [-0.25, -0.2) is 9.78 Å². The van der Waals surface area contributed by atoms with Crippen molar-refractivity contribution in [3.05, 3.63) is 41.2 Å². The van der Waals surface area contributed by atoms with Crippen molar-refractivity contribution < 1.29 is 14.7 Å². The number of H-pyrrole nitrogens is 1. The minimum atomic E-state index is -0.963. The summed E-state index contributed by atoms with van der Waals surface area (Å²) >= 11 is 0. The fourth-order valence-electron chi connectivity index (χ4n) is 4.04. The lowest BCUT2D eigenvalue weighted by molar-refractivity contribution is -0.136. The molecule has 148 valence electrons. The molecule has 1 saturated heterocycles. The summed E-state index contributed by atoms with van der Waals surface area (Å²) in [5.41, 5.74) is 9.19. The van der Waals surface area contributed by atoms with E-state index < -0.39 is 5.97 Å². The van der Waals surface area contributed by atoms with Crippen molar-refractivity contribution in [2.45, 2.75) is 38.8 Å². The molecule has 1 aromatic heterocycles. The number of carbonyl (C=O) groups excluding carboxylic acids is 1. The van der Waals surface area contributed by atoms with Crippen molar-refractivity contribution in [1.82, 2.24) is 25.7 Å². The van der Waals surface area contributed by atoms with Crippen LogP contribution in [0.25, 0.3) is 11.4 Å². The molecule has 0 aliphatic carbocycles. The number of aromatic amines is 1. The molecule has 28 heavy (non-hydrogen) atoms. The van der Waals surface area contributed by atoms with E-state index in [2.05, 4.69) is 27.7 Å². The Bertz CT molecular complexity index is 894. The molecule has 0 spiro atoms. The highest BCUT2D eigenvalue weighted by Gasteiger charge is 2.36. The van der Waals surface area contributed by atoms with E-state index in [4.69, 9.17) is 0 Å². The van der Waals surface area contributed by atoms with Crippen LogP contribution in [0.15, 0.2) is 24.3 Å². The first-order chi connectivity index (χ1) is 13.6. The van der Waals surface area contributed by atoms with Crippen LogP contribution in [-0.2, 0) is 17.8 Å². The van der Waals surface area contributed by atoms with Crippen LogP contribution in [0.5, 0.6) is 0 Å². The molecule has 1 aromatic carbocycles. The molecule has 8 nitrogen and oxygen atoms in total. The molecule has 8 heteroatoms. The highest BCUT2D eigenvalue weighted by atomic mass is 16.4. The number of nitrogens with zero attached hydrogens (tertiary/aromatic N) is 2. The second-order valence-corrected chi connectivity index (χ2v) is 7.43. The highest BCUT2D eigenvalue weighted by molar-refractivity contribution is 5.89. The van der Waals surface area contributed by atoms with Crippen molar-refractivity contribution in [1.29, 1.82) is 0 Å². The van der Waals surface area contributed by atoms with Gasteiger partial charge < -0.3 is 15.0 Å². The van der Waals surface area contributed by atoms with E-state index in [1.54, 1.807) is 18.2 Å². The van der Waals surface area contributed by atoms with Crippen molar-refractivity contribution in [3.63, 3.8) is 0 Å². The summed E-state index contributed by atoms with van der Waals surface area (Å²) in [7, 11) is 0. The lowest BCUT2D eigenvalue weighted by Gasteiger charge is -2.30. The van der Waals surface area contributed by atoms with E-state index in [0.29, 0.717) is 31.9 Å². The molecule has 2 aliphatic rings. The van der Waals surface area contributed by atoms with Gasteiger partial charge in [0.05, 0.1) is 29.4 Å². The third kappa shape index (κ3) is 3.53. The zero-order valence-corrected chi connectivity index (χ0v) is 15.9. The van der Waals surface area contributed by atoms with Crippen LogP contribution in [0, 0.1) is 5.92 Å². The number of rotatable bonds is 5. The summed E-state index contributed by atoms with van der Waals surface area (Å²) in [4.78, 5) is 34.1. The van der Waals surface area contributed by atoms with Crippen LogP contribution in [0.1, 0.15) is 41.5 Å². The Hall–Kier alpha value is -2.71. The summed E-state index contributed by atoms with van der Waals surface area (Å²) in [5, 5.41) is 9.19. The number of carboxylic acids is 1. The van der Waals surface area contributed by atoms with E-state index in [9.17, 15) is 14.7 Å². The second kappa shape index (κ2) is 7.73. The molecule has 2 unspecified atom stereocenters. The Labute approximate surface area is 163 Å². The average molecular weight is 383 g/mol. The third-order valence-electron chi connectivity index (χ3n) is 5.54. The highest BCUT2D eigenvalue weighted by Crippen LogP contribution is 2.25. The first kappa shape index (κ1) is 18.6. The largest absolute Gasteiger partial charge is 0.478 e. The number of carboxylic acid groups (broad SMARTS) is 1. The molecular formula is C20H25N5O3. The monoisotopic (exact) mass is 383 g/mol. The molecule has 2 atom stereocenters. The van der Waals surface area contributed by atoms with Crippen LogP contribution in [0.4, 0.5) is 0 Å². The maximum Gasteiger partial charge on any atom is 0.335 e. The van der Waals surface area contributed by atoms with Gasteiger partial charge in [0.1, 0.15) is 5.82 Å². The Morgan fingerprint density at radius 1 is 1.36 bits per heavy atom. The number of hydrogen-bond acceptors (Lipinski definition) is 5. The minimum absolute atomic E-state index is 0.0452. The summed E-state index contributed by atoms with van der Waals surface area (Å²) < 4.78 is 0. The number of carbonyl (C=O) groups is 2. The van der Waals surface area contributed by atoms with Gasteiger partial charge in [-0.3, -0.25) is 15.6 Å². The Morgan fingerprint density at radius 3 is 3.00 bits per heavy atom. The summed E-state index contributed by atoms with van der Waals surface area (Å²) in [6.07, 6.45) is 2.70. The van der Waals surface area contributed by atoms with Crippen molar-refractivity contribution >= 4 is 11.9 Å². The zero-order chi connectivity index (χ0) is 19.7. The molecule has 3 heterocycles. The maximum atomic E-state index is 13.0. The van der Waals surface area contributed by atoms with E-state index in [0.717, 1.165) is 29.8 Å². The number of imidazole rings is 1. The number of aromatic nitrogens is 2. The van der Waals surface area contributed by atoms with Crippen LogP contribution in [0.2, 0.25) is 0 Å². The molecule has 2 aromatic rings. The SMILES string of the molecule is CCCC1NNCC1C(=O)N1CCc2nc(-c3cccc(C(=O)O)c3)[nH]c2C1. The average Bonchev–Trinajstić information content (AvgIpc) is 3.34. The first-order valence-electron chi connectivity index (χ1n) is 9.75. The van der Waals surface area contributed by atoms with Crippen molar-refractivity contribution in [3.8, 4) is 11.4 Å². The number of benzene rings is 1. The fraction of sp³-hybridized carbons (Fsp3) is 0.450. The standard InChI is InChI=1S/C20H25N5O3/c1-2-4-15-14(10-21-24-15)19(26)25-8-7-16-17(11-25)23-18(22-16)12-5-3-6-13(9-12)20(27)28/h3,5-6,9,14-15,21,24H,2,4,7-8,10-11H2,1H3,(H,22,23)(H,27,28). The van der Waals surface area contributed by atoms with E-state index in [-0.39, 0.29) is 23.4 Å². The van der Waals surface area contributed by atoms with Crippen LogP contribution in [0.3, 0.4) is 0 Å². The maximum absolute atomic E-state index is 13.0. The summed E-state index contributed by atoms with van der Waals surface area (Å²) in [6, 6.07) is 6.90. The predicted octanol–water partition coefficient (Wildman–Crippen LogP) is 1.55. The van der Waals surface area contributed by atoms with Gasteiger partial charge >= 0.3 is 5.97 Å². The molecule has 2 aliphatic heterocycles. The molecule has 4 N–H and O–H groups in total. The predicted molar refractivity (Wildman–Crippen MR) is 103 cm³/mol. The lowest BCUT2D eigenvalue weighted by atomic mass is 9.95. The van der Waals surface area contributed by atoms with Gasteiger partial charge in [-0.1, -0.05) is 25.5 Å². The molecule has 0 radical (unpaired) electrons. The Kier molecular flexibility index (Phi) is 5.15. The number of hydrogen-bond donors (Lipinski definition) is 4. The minimum Gasteiger partial charge on any atom is -0.478 e. The van der Waals surface area contributed by atoms with E-state index in [1.807, 2.05) is 11.0 Å². The Morgan fingerprint density at radius 2 is 2.21 bits per heavy atom. The van der Waals surface area contributed by atoms with E-state index in [1.165, 1.54) is 0 Å². The molecule has 0 saturated carbocycles. The number of nitrogens with one attached hydrogen (secondary N) is 3. The lowest BCUT2D eigenvalue weighted by Crippen LogP contribution is -2.44. The van der Waals surface area contributed by atoms with E-state index >= 15 is 0 Å². The van der Waals surface area contributed by atoms with Crippen LogP contribution < -0.4 is 10.9 Å². The van der Waals surface area contributed by atoms with Gasteiger partial charge in [0.2, 0.25) is 5.91 Å². The molecule has 0 bridgehead atoms. The van der Waals surface area contributed by atoms with Gasteiger partial charge in [0.25, 0.3) is 0 Å². The molecule has 1 amide bonds. The normalized spacial score (nSPS) is 21.5. The number of amides is 1. The van der Waals surface area contributed by atoms with Gasteiger partial charge in [0.15, 0.2) is 0 Å². The number of fused-ring (bicyclic) bond motifs is 1. The first-order valence-corrected chi connectivity index (χ1v) is 9.75. The van der Waals surface area contributed by atoms with Gasteiger partial charge in [-0.05, 0) is 18.6 Å². The summed E-state index contributed by atoms with van der Waals surface area (Å²) in [6.45, 7) is 3.94. The molecular weight excluding hydrogens is 358 g/mol. The van der Waals surface area contributed by atoms with Crippen molar-refractivity contribution in [2.75, 3.05) is 13.1 Å². The van der Waals surface area contributed by atoms with Crippen LogP contribution in [-0.4, -0.2) is 51.0 Å². The van der Waals surface area contributed by atoms with Gasteiger partial charge in [0, 0.05) is 31.1 Å². The second-order valence-electron chi connectivity index (χ2n) is 7.43. The number of aromatic carboxylic acids is 1. The fourth-order valence-corrected chi connectivity index (χ4v) is 4.04. The van der Waals surface area contributed by atoms with Gasteiger partial charge in [-0.15, -0.1) is 0 Å². The Balaban J connectivity index is 1.51. The van der Waals surface area contributed by atoms with Gasteiger partial charge in [-0.2, -0.15) is 0 Å². The molecule has 4 rings (SSSR count). The topological polar surface area (TPSA) is 110 Å². The number of hydrazine groups is 1. The molecule has 1 fully saturated rings.